The lowest BCUT2D eigenvalue weighted by molar-refractivity contribution is 0.0928. The number of nitrogens with one attached hydrogen (secondary N) is 2. The van der Waals surface area contributed by atoms with Gasteiger partial charge in [-0.3, -0.25) is 14.5 Å². The van der Waals surface area contributed by atoms with Crippen LogP contribution in [0, 0.1) is 0 Å². The van der Waals surface area contributed by atoms with Crippen molar-refractivity contribution in [2.45, 2.75) is 25.9 Å². The lowest BCUT2D eigenvalue weighted by Gasteiger charge is -2.32. The summed E-state index contributed by atoms with van der Waals surface area (Å²) in [4.78, 5) is 28.3. The Kier molecular flexibility index (Phi) is 4.57. The zero-order valence-corrected chi connectivity index (χ0v) is 15.3. The number of fused-ring (bicyclic) bond motifs is 2. The molecular weight excluding hydrogens is 348 g/mol. The quantitative estimate of drug-likeness (QED) is 0.740. The summed E-state index contributed by atoms with van der Waals surface area (Å²) < 4.78 is 0. The molecule has 0 radical (unpaired) electrons. The number of H-pyrrole nitrogens is 1. The van der Waals surface area contributed by atoms with Crippen molar-refractivity contribution in [2.75, 3.05) is 13.1 Å². The summed E-state index contributed by atoms with van der Waals surface area (Å²) in [6.07, 6.45) is 1.07. The van der Waals surface area contributed by atoms with Crippen molar-refractivity contribution in [1.29, 1.82) is 0 Å². The SMILES string of the molecule is CC(CNC(=O)c1n[nH]c(=O)c2ccccc12)N1CCc2sccc2C1. The number of carbonyl (C=O) groups excluding carboxylic acids is 1. The summed E-state index contributed by atoms with van der Waals surface area (Å²) in [5, 5.41) is 12.5. The maximum absolute atomic E-state index is 12.6. The average Bonchev–Trinajstić information content (AvgIpc) is 3.14. The van der Waals surface area contributed by atoms with E-state index in [9.17, 15) is 9.59 Å². The second-order valence-electron chi connectivity index (χ2n) is 6.60. The van der Waals surface area contributed by atoms with Crippen LogP contribution in [0.3, 0.4) is 0 Å². The predicted octanol–water partition coefficient (Wildman–Crippen LogP) is 2.16. The smallest absolute Gasteiger partial charge is 0.272 e. The van der Waals surface area contributed by atoms with Crippen molar-refractivity contribution in [2.24, 2.45) is 0 Å². The molecule has 7 heteroatoms. The van der Waals surface area contributed by atoms with Crippen LogP contribution in [0.25, 0.3) is 10.8 Å². The Hall–Kier alpha value is -2.51. The lowest BCUT2D eigenvalue weighted by Crippen LogP contribution is -2.44. The van der Waals surface area contributed by atoms with Gasteiger partial charge in [-0.25, -0.2) is 5.10 Å². The van der Waals surface area contributed by atoms with Gasteiger partial charge in [-0.2, -0.15) is 5.10 Å². The topological polar surface area (TPSA) is 78.1 Å². The van der Waals surface area contributed by atoms with Crippen LogP contribution < -0.4 is 10.9 Å². The molecule has 0 bridgehead atoms. The van der Waals surface area contributed by atoms with Crippen molar-refractivity contribution in [3.05, 3.63) is 62.2 Å². The highest BCUT2D eigenvalue weighted by Crippen LogP contribution is 2.25. The number of carbonyl (C=O) groups is 1. The predicted molar refractivity (Wildman–Crippen MR) is 103 cm³/mol. The van der Waals surface area contributed by atoms with Crippen LogP contribution in [-0.2, 0) is 13.0 Å². The highest BCUT2D eigenvalue weighted by atomic mass is 32.1. The first-order valence-corrected chi connectivity index (χ1v) is 9.56. The molecule has 1 unspecified atom stereocenters. The van der Waals surface area contributed by atoms with E-state index in [2.05, 4.69) is 38.8 Å². The summed E-state index contributed by atoms with van der Waals surface area (Å²) >= 11 is 1.82. The number of hydrogen-bond acceptors (Lipinski definition) is 5. The van der Waals surface area contributed by atoms with Crippen molar-refractivity contribution >= 4 is 28.0 Å². The highest BCUT2D eigenvalue weighted by Gasteiger charge is 2.22. The molecule has 3 heterocycles. The van der Waals surface area contributed by atoms with Crippen LogP contribution in [0.4, 0.5) is 0 Å². The summed E-state index contributed by atoms with van der Waals surface area (Å²) in [5.41, 5.74) is 1.37. The molecule has 0 saturated heterocycles. The van der Waals surface area contributed by atoms with E-state index in [1.165, 1.54) is 10.4 Å². The normalized spacial score (nSPS) is 15.6. The molecule has 0 saturated carbocycles. The van der Waals surface area contributed by atoms with Gasteiger partial charge in [-0.05, 0) is 36.4 Å². The molecule has 1 aromatic carbocycles. The van der Waals surface area contributed by atoms with Gasteiger partial charge in [-0.1, -0.05) is 18.2 Å². The lowest BCUT2D eigenvalue weighted by atomic mass is 10.1. The van der Waals surface area contributed by atoms with E-state index in [0.717, 1.165) is 19.5 Å². The minimum absolute atomic E-state index is 0.223. The Balaban J connectivity index is 1.45. The van der Waals surface area contributed by atoms with Crippen molar-refractivity contribution in [1.82, 2.24) is 20.4 Å². The van der Waals surface area contributed by atoms with Crippen molar-refractivity contribution in [3.8, 4) is 0 Å². The number of aromatic amines is 1. The molecule has 134 valence electrons. The van der Waals surface area contributed by atoms with Crippen LogP contribution in [0.5, 0.6) is 0 Å². The molecule has 1 amide bonds. The van der Waals surface area contributed by atoms with E-state index in [1.807, 2.05) is 11.3 Å². The third kappa shape index (κ3) is 3.15. The van der Waals surface area contributed by atoms with Crippen LogP contribution in [0.2, 0.25) is 0 Å². The van der Waals surface area contributed by atoms with E-state index < -0.39 is 0 Å². The van der Waals surface area contributed by atoms with Gasteiger partial charge in [0.05, 0.1) is 5.39 Å². The summed E-state index contributed by atoms with van der Waals surface area (Å²) in [5.74, 6) is -0.266. The highest BCUT2D eigenvalue weighted by molar-refractivity contribution is 7.10. The van der Waals surface area contributed by atoms with Gasteiger partial charge in [0.2, 0.25) is 0 Å². The maximum Gasteiger partial charge on any atom is 0.272 e. The molecular formula is C19H20N4O2S. The summed E-state index contributed by atoms with van der Waals surface area (Å²) in [6.45, 7) is 4.59. The van der Waals surface area contributed by atoms with Crippen molar-refractivity contribution in [3.63, 3.8) is 0 Å². The fourth-order valence-electron chi connectivity index (χ4n) is 3.39. The monoisotopic (exact) mass is 368 g/mol. The average molecular weight is 368 g/mol. The molecule has 2 N–H and O–H groups in total. The molecule has 0 aliphatic carbocycles. The minimum atomic E-state index is -0.287. The fraction of sp³-hybridized carbons (Fsp3) is 0.316. The number of rotatable bonds is 4. The standard InChI is InChI=1S/C19H20N4O2S/c1-12(23-8-6-16-13(11-23)7-9-26-16)10-20-19(25)17-14-4-2-3-5-15(14)18(24)22-21-17/h2-5,7,9,12H,6,8,10-11H2,1H3,(H,20,25)(H,22,24). The van der Waals surface area contributed by atoms with Gasteiger partial charge < -0.3 is 5.32 Å². The van der Waals surface area contributed by atoms with Crippen LogP contribution in [-0.4, -0.2) is 40.1 Å². The first kappa shape index (κ1) is 16.9. The molecule has 2 aromatic heterocycles. The number of nitrogens with zero attached hydrogens (tertiary/aromatic N) is 2. The van der Waals surface area contributed by atoms with Crippen LogP contribution in [0.15, 0.2) is 40.5 Å². The fourth-order valence-corrected chi connectivity index (χ4v) is 4.28. The Bertz CT molecular complexity index is 1010. The van der Waals surface area contributed by atoms with Gasteiger partial charge in [0, 0.05) is 35.9 Å². The Morgan fingerprint density at radius 3 is 3.00 bits per heavy atom. The van der Waals surface area contributed by atoms with E-state index in [4.69, 9.17) is 0 Å². The molecule has 1 atom stereocenters. The van der Waals surface area contributed by atoms with E-state index >= 15 is 0 Å². The van der Waals surface area contributed by atoms with Gasteiger partial charge in [0.1, 0.15) is 0 Å². The summed E-state index contributed by atoms with van der Waals surface area (Å²) in [6, 6.07) is 9.43. The molecule has 26 heavy (non-hydrogen) atoms. The number of amides is 1. The third-order valence-corrected chi connectivity index (χ3v) is 5.95. The Morgan fingerprint density at radius 2 is 2.15 bits per heavy atom. The van der Waals surface area contributed by atoms with E-state index in [-0.39, 0.29) is 23.2 Å². The zero-order chi connectivity index (χ0) is 18.1. The van der Waals surface area contributed by atoms with E-state index in [1.54, 1.807) is 24.3 Å². The molecule has 4 rings (SSSR count). The number of thiophene rings is 1. The second-order valence-corrected chi connectivity index (χ2v) is 7.60. The van der Waals surface area contributed by atoms with Gasteiger partial charge in [0.25, 0.3) is 11.5 Å². The van der Waals surface area contributed by atoms with E-state index in [0.29, 0.717) is 17.3 Å². The molecule has 3 aromatic rings. The third-order valence-electron chi connectivity index (χ3n) is 4.93. The number of hydrogen-bond donors (Lipinski definition) is 2. The molecule has 6 nitrogen and oxygen atoms in total. The van der Waals surface area contributed by atoms with Crippen LogP contribution in [0.1, 0.15) is 27.9 Å². The minimum Gasteiger partial charge on any atom is -0.349 e. The first-order valence-electron chi connectivity index (χ1n) is 8.68. The Morgan fingerprint density at radius 1 is 1.35 bits per heavy atom. The zero-order valence-electron chi connectivity index (χ0n) is 14.5. The second kappa shape index (κ2) is 7.01. The molecule has 0 spiro atoms. The van der Waals surface area contributed by atoms with Gasteiger partial charge in [-0.15, -0.1) is 11.3 Å². The van der Waals surface area contributed by atoms with Crippen molar-refractivity contribution < 1.29 is 4.79 Å². The molecule has 0 fully saturated rings. The van der Waals surface area contributed by atoms with Gasteiger partial charge >= 0.3 is 0 Å². The van der Waals surface area contributed by atoms with Gasteiger partial charge in [0.15, 0.2) is 5.69 Å². The maximum atomic E-state index is 12.6. The Labute approximate surface area is 154 Å². The first-order chi connectivity index (χ1) is 12.6. The summed E-state index contributed by atoms with van der Waals surface area (Å²) in [7, 11) is 0. The molecule has 1 aliphatic rings. The van der Waals surface area contributed by atoms with Crippen LogP contribution >= 0.6 is 11.3 Å². The number of benzene rings is 1. The molecule has 1 aliphatic heterocycles. The number of aromatic nitrogens is 2. The largest absolute Gasteiger partial charge is 0.349 e.